The smallest absolute Gasteiger partial charge is 0.245 e. The molecule has 4 aromatic rings. The summed E-state index contributed by atoms with van der Waals surface area (Å²) in [5, 5.41) is 8.21. The Morgan fingerprint density at radius 3 is 2.27 bits per heavy atom. The maximum atomic E-state index is 13.2. The highest BCUT2D eigenvalue weighted by atomic mass is 35.5. The fourth-order valence-corrected chi connectivity index (χ4v) is 4.35. The van der Waals surface area contributed by atoms with E-state index in [2.05, 4.69) is 5.32 Å². The Hall–Kier alpha value is -3.90. The average molecular weight is 515 g/mol. The summed E-state index contributed by atoms with van der Waals surface area (Å²) < 4.78 is 1.63. The van der Waals surface area contributed by atoms with Gasteiger partial charge in [0, 0.05) is 24.6 Å². The van der Waals surface area contributed by atoms with Crippen LogP contribution in [-0.4, -0.2) is 39.6 Å². The number of amides is 2. The SMILES string of the molecule is CC(C)CN(CC(=O)Nc1cc(-c2ccccc2)nn1-c1ccccc1Cl)C(=O)CCc1ccccc1. The molecule has 0 spiro atoms. The van der Waals surface area contributed by atoms with Crippen LogP contribution in [0.1, 0.15) is 25.8 Å². The van der Waals surface area contributed by atoms with Crippen LogP contribution in [0.5, 0.6) is 0 Å². The van der Waals surface area contributed by atoms with Gasteiger partial charge < -0.3 is 10.2 Å². The molecule has 0 aliphatic heterocycles. The molecule has 1 N–H and O–H groups in total. The molecule has 2 amide bonds. The summed E-state index contributed by atoms with van der Waals surface area (Å²) in [4.78, 5) is 27.9. The first-order chi connectivity index (χ1) is 17.9. The first-order valence-corrected chi connectivity index (χ1v) is 12.8. The van der Waals surface area contributed by atoms with Gasteiger partial charge in [0.2, 0.25) is 11.8 Å². The van der Waals surface area contributed by atoms with Gasteiger partial charge in [-0.2, -0.15) is 5.10 Å². The summed E-state index contributed by atoms with van der Waals surface area (Å²) in [6.45, 7) is 4.53. The molecule has 190 valence electrons. The van der Waals surface area contributed by atoms with Crippen LogP contribution >= 0.6 is 11.6 Å². The molecule has 6 nitrogen and oxygen atoms in total. The summed E-state index contributed by atoms with van der Waals surface area (Å²) in [7, 11) is 0. The molecule has 0 bridgehead atoms. The number of para-hydroxylation sites is 1. The zero-order chi connectivity index (χ0) is 26.2. The van der Waals surface area contributed by atoms with E-state index in [1.165, 1.54) is 0 Å². The van der Waals surface area contributed by atoms with E-state index in [1.54, 1.807) is 15.6 Å². The number of carbonyl (C=O) groups is 2. The quantitative estimate of drug-likeness (QED) is 0.272. The van der Waals surface area contributed by atoms with Gasteiger partial charge in [-0.3, -0.25) is 9.59 Å². The summed E-state index contributed by atoms with van der Waals surface area (Å²) in [6, 6.07) is 28.8. The number of hydrogen-bond donors (Lipinski definition) is 1. The number of halogens is 1. The van der Waals surface area contributed by atoms with Crippen molar-refractivity contribution < 1.29 is 9.59 Å². The Morgan fingerprint density at radius 2 is 1.59 bits per heavy atom. The van der Waals surface area contributed by atoms with Crippen LogP contribution in [0.2, 0.25) is 5.02 Å². The van der Waals surface area contributed by atoms with E-state index < -0.39 is 0 Å². The van der Waals surface area contributed by atoms with Crippen molar-refractivity contribution in [3.05, 3.63) is 102 Å². The molecule has 0 aliphatic rings. The van der Waals surface area contributed by atoms with Crippen molar-refractivity contribution in [1.82, 2.24) is 14.7 Å². The third-order valence-corrected chi connectivity index (χ3v) is 6.19. The van der Waals surface area contributed by atoms with Crippen LogP contribution in [-0.2, 0) is 16.0 Å². The number of benzene rings is 3. The molecule has 0 atom stereocenters. The Kier molecular flexibility index (Phi) is 8.75. The van der Waals surface area contributed by atoms with Gasteiger partial charge in [0.25, 0.3) is 0 Å². The van der Waals surface area contributed by atoms with Crippen LogP contribution < -0.4 is 5.32 Å². The second-order valence-electron chi connectivity index (χ2n) is 9.35. The van der Waals surface area contributed by atoms with Crippen molar-refractivity contribution in [2.24, 2.45) is 5.92 Å². The zero-order valence-corrected chi connectivity index (χ0v) is 21.9. The van der Waals surface area contributed by atoms with Crippen LogP contribution in [0.3, 0.4) is 0 Å². The summed E-state index contributed by atoms with van der Waals surface area (Å²) >= 11 is 6.46. The lowest BCUT2D eigenvalue weighted by Crippen LogP contribution is -2.40. The lowest BCUT2D eigenvalue weighted by Gasteiger charge is -2.24. The number of aryl methyl sites for hydroxylation is 1. The van der Waals surface area contributed by atoms with Crippen molar-refractivity contribution in [2.75, 3.05) is 18.4 Å². The number of nitrogens with one attached hydrogen (secondary N) is 1. The van der Waals surface area contributed by atoms with Gasteiger partial charge >= 0.3 is 0 Å². The van der Waals surface area contributed by atoms with E-state index in [0.29, 0.717) is 41.6 Å². The summed E-state index contributed by atoms with van der Waals surface area (Å²) in [5.41, 5.74) is 3.37. The molecular formula is C30H31ClN4O2. The fraction of sp³-hybridized carbons (Fsp3) is 0.233. The Labute approximate surface area is 222 Å². The largest absolute Gasteiger partial charge is 0.333 e. The van der Waals surface area contributed by atoms with Gasteiger partial charge in [-0.15, -0.1) is 0 Å². The maximum Gasteiger partial charge on any atom is 0.245 e. The third-order valence-electron chi connectivity index (χ3n) is 5.87. The molecular weight excluding hydrogens is 484 g/mol. The minimum Gasteiger partial charge on any atom is -0.333 e. The molecule has 1 heterocycles. The Bertz CT molecular complexity index is 1340. The second kappa shape index (κ2) is 12.4. The minimum absolute atomic E-state index is 0.0415. The topological polar surface area (TPSA) is 67.2 Å². The van der Waals surface area contributed by atoms with Gasteiger partial charge in [-0.05, 0) is 30.0 Å². The molecule has 0 radical (unpaired) electrons. The van der Waals surface area contributed by atoms with E-state index in [9.17, 15) is 9.59 Å². The Morgan fingerprint density at radius 1 is 0.946 bits per heavy atom. The van der Waals surface area contributed by atoms with E-state index in [-0.39, 0.29) is 24.3 Å². The number of aromatic nitrogens is 2. The van der Waals surface area contributed by atoms with E-state index in [4.69, 9.17) is 16.7 Å². The number of carbonyl (C=O) groups excluding carboxylic acids is 2. The molecule has 37 heavy (non-hydrogen) atoms. The summed E-state index contributed by atoms with van der Waals surface area (Å²) in [6.07, 6.45) is 0.981. The fourth-order valence-electron chi connectivity index (χ4n) is 4.13. The summed E-state index contributed by atoms with van der Waals surface area (Å²) in [5.74, 6) is 0.379. The molecule has 0 unspecified atom stereocenters. The molecule has 4 rings (SSSR count). The van der Waals surface area contributed by atoms with Crippen molar-refractivity contribution in [3.8, 4) is 16.9 Å². The predicted molar refractivity (Wildman–Crippen MR) is 149 cm³/mol. The first-order valence-electron chi connectivity index (χ1n) is 12.4. The zero-order valence-electron chi connectivity index (χ0n) is 21.1. The van der Waals surface area contributed by atoms with E-state index >= 15 is 0 Å². The second-order valence-corrected chi connectivity index (χ2v) is 9.75. The first kappa shape index (κ1) is 26.2. The van der Waals surface area contributed by atoms with Crippen molar-refractivity contribution >= 4 is 29.2 Å². The number of hydrogen-bond acceptors (Lipinski definition) is 3. The monoisotopic (exact) mass is 514 g/mol. The van der Waals surface area contributed by atoms with Crippen LogP contribution in [0, 0.1) is 5.92 Å². The van der Waals surface area contributed by atoms with Gasteiger partial charge in [0.05, 0.1) is 22.9 Å². The lowest BCUT2D eigenvalue weighted by atomic mass is 10.1. The van der Waals surface area contributed by atoms with Crippen LogP contribution in [0.4, 0.5) is 5.82 Å². The molecule has 3 aromatic carbocycles. The van der Waals surface area contributed by atoms with Crippen LogP contribution in [0.25, 0.3) is 16.9 Å². The Balaban J connectivity index is 1.54. The maximum absolute atomic E-state index is 13.2. The van der Waals surface area contributed by atoms with Gasteiger partial charge in [0.15, 0.2) is 0 Å². The normalized spacial score (nSPS) is 10.9. The highest BCUT2D eigenvalue weighted by Crippen LogP contribution is 2.28. The van der Waals surface area contributed by atoms with Gasteiger partial charge in [-0.25, -0.2) is 4.68 Å². The highest BCUT2D eigenvalue weighted by molar-refractivity contribution is 6.32. The van der Waals surface area contributed by atoms with Crippen molar-refractivity contribution in [2.45, 2.75) is 26.7 Å². The number of nitrogens with zero attached hydrogens (tertiary/aromatic N) is 3. The third kappa shape index (κ3) is 7.08. The molecule has 0 fully saturated rings. The standard InChI is InChI=1S/C30H31ClN4O2/c1-22(2)20-34(30(37)18-17-23-11-5-3-6-12-23)21-29(36)32-28-19-26(24-13-7-4-8-14-24)33-35(28)27-16-10-9-15-25(27)31/h3-16,19,22H,17-18,20-21H2,1-2H3,(H,32,36). The molecule has 0 aliphatic carbocycles. The van der Waals surface area contributed by atoms with Crippen molar-refractivity contribution in [1.29, 1.82) is 0 Å². The predicted octanol–water partition coefficient (Wildman–Crippen LogP) is 6.25. The molecule has 0 saturated carbocycles. The molecule has 7 heteroatoms. The highest BCUT2D eigenvalue weighted by Gasteiger charge is 2.21. The minimum atomic E-state index is -0.290. The van der Waals surface area contributed by atoms with Gasteiger partial charge in [-0.1, -0.05) is 98.2 Å². The molecule has 1 aromatic heterocycles. The van der Waals surface area contributed by atoms with E-state index in [1.807, 2.05) is 98.8 Å². The van der Waals surface area contributed by atoms with Gasteiger partial charge in [0.1, 0.15) is 5.82 Å². The average Bonchev–Trinajstić information content (AvgIpc) is 3.31. The molecule has 0 saturated heterocycles. The van der Waals surface area contributed by atoms with Crippen LogP contribution in [0.15, 0.2) is 91.0 Å². The van der Waals surface area contributed by atoms with E-state index in [0.717, 1.165) is 11.1 Å². The number of rotatable bonds is 10. The lowest BCUT2D eigenvalue weighted by molar-refractivity contribution is -0.135. The number of anilines is 1. The van der Waals surface area contributed by atoms with Crippen molar-refractivity contribution in [3.63, 3.8) is 0 Å².